The van der Waals surface area contributed by atoms with Crippen LogP contribution in [0.25, 0.3) is 0 Å². The summed E-state index contributed by atoms with van der Waals surface area (Å²) in [6.07, 6.45) is 0. The van der Waals surface area contributed by atoms with Crippen LogP contribution in [0, 0.1) is 0 Å². The molecule has 2 rings (SSSR count). The summed E-state index contributed by atoms with van der Waals surface area (Å²) in [5.41, 5.74) is 0. The Kier molecular flexibility index (Phi) is 4.42. The van der Waals surface area contributed by atoms with E-state index in [4.69, 9.17) is 16.3 Å². The minimum atomic E-state index is -3.52. The number of ether oxygens (including phenoxy) is 1. The summed E-state index contributed by atoms with van der Waals surface area (Å²) in [5, 5.41) is 0.390. The first-order chi connectivity index (χ1) is 8.55. The van der Waals surface area contributed by atoms with Crippen LogP contribution < -0.4 is 4.74 Å². The van der Waals surface area contributed by atoms with Crippen molar-refractivity contribution < 1.29 is 13.2 Å². The molecule has 4 nitrogen and oxygen atoms in total. The molecule has 18 heavy (non-hydrogen) atoms. The highest BCUT2D eigenvalue weighted by molar-refractivity contribution is 7.99. The largest absolute Gasteiger partial charge is 0.495 e. The Labute approximate surface area is 116 Å². The summed E-state index contributed by atoms with van der Waals surface area (Å²) in [5.74, 6) is 1.97. The van der Waals surface area contributed by atoms with Gasteiger partial charge < -0.3 is 4.74 Å². The molecule has 0 unspecified atom stereocenters. The molecule has 0 N–H and O–H groups in total. The zero-order valence-electron chi connectivity index (χ0n) is 9.93. The summed E-state index contributed by atoms with van der Waals surface area (Å²) in [4.78, 5) is 0.143. The number of nitrogens with zero attached hydrogens (tertiary/aromatic N) is 1. The normalized spacial score (nSPS) is 17.7. The molecule has 1 aliphatic rings. The fourth-order valence-electron chi connectivity index (χ4n) is 1.78. The summed E-state index contributed by atoms with van der Waals surface area (Å²) >= 11 is 7.64. The number of hydrogen-bond acceptors (Lipinski definition) is 4. The average molecular weight is 308 g/mol. The lowest BCUT2D eigenvalue weighted by molar-refractivity contribution is 0.395. The third-order valence-electron chi connectivity index (χ3n) is 2.71. The molecular weight excluding hydrogens is 294 g/mol. The van der Waals surface area contributed by atoms with Gasteiger partial charge in [-0.25, -0.2) is 8.42 Å². The summed E-state index contributed by atoms with van der Waals surface area (Å²) in [6, 6.07) is 4.64. The van der Waals surface area contributed by atoms with Gasteiger partial charge in [0.15, 0.2) is 0 Å². The van der Waals surface area contributed by atoms with Crippen LogP contribution >= 0.6 is 23.4 Å². The van der Waals surface area contributed by atoms with Gasteiger partial charge in [-0.2, -0.15) is 16.1 Å². The monoisotopic (exact) mass is 307 g/mol. The first kappa shape index (κ1) is 14.0. The molecule has 0 aliphatic carbocycles. The van der Waals surface area contributed by atoms with Crippen molar-refractivity contribution in [2.75, 3.05) is 31.7 Å². The Morgan fingerprint density at radius 3 is 2.61 bits per heavy atom. The van der Waals surface area contributed by atoms with E-state index in [0.717, 1.165) is 11.5 Å². The maximum atomic E-state index is 12.5. The minimum absolute atomic E-state index is 0.143. The van der Waals surface area contributed by atoms with E-state index in [1.165, 1.54) is 17.5 Å². The van der Waals surface area contributed by atoms with E-state index in [2.05, 4.69) is 0 Å². The molecule has 0 spiro atoms. The van der Waals surface area contributed by atoms with Gasteiger partial charge in [0, 0.05) is 29.6 Å². The molecule has 0 aromatic heterocycles. The van der Waals surface area contributed by atoms with Crippen LogP contribution in [0.4, 0.5) is 0 Å². The Morgan fingerprint density at radius 1 is 1.33 bits per heavy atom. The smallest absolute Gasteiger partial charge is 0.246 e. The highest BCUT2D eigenvalue weighted by Crippen LogP contribution is 2.30. The molecule has 0 saturated carbocycles. The Hall–Kier alpha value is -0.430. The van der Waals surface area contributed by atoms with Crippen molar-refractivity contribution in [1.29, 1.82) is 0 Å². The van der Waals surface area contributed by atoms with E-state index in [0.29, 0.717) is 23.9 Å². The van der Waals surface area contributed by atoms with Gasteiger partial charge >= 0.3 is 0 Å². The second kappa shape index (κ2) is 5.69. The Bertz CT molecular complexity index is 527. The van der Waals surface area contributed by atoms with Gasteiger partial charge in [-0.15, -0.1) is 0 Å². The maximum absolute atomic E-state index is 12.5. The van der Waals surface area contributed by atoms with E-state index in [1.54, 1.807) is 23.9 Å². The molecule has 1 aromatic carbocycles. The number of halogens is 1. The predicted octanol–water partition coefficient (Wildman–Crippen LogP) is 2.09. The molecule has 0 radical (unpaired) electrons. The fraction of sp³-hybridized carbons (Fsp3) is 0.455. The van der Waals surface area contributed by atoms with Crippen LogP contribution in [-0.2, 0) is 10.0 Å². The van der Waals surface area contributed by atoms with Crippen LogP contribution in [0.15, 0.2) is 23.1 Å². The molecule has 1 heterocycles. The molecular formula is C11H14ClNO3S2. The summed E-state index contributed by atoms with van der Waals surface area (Å²) in [6.45, 7) is 1.06. The van der Waals surface area contributed by atoms with Crippen LogP contribution in [0.5, 0.6) is 5.75 Å². The predicted molar refractivity (Wildman–Crippen MR) is 74.1 cm³/mol. The Morgan fingerprint density at radius 2 is 2.00 bits per heavy atom. The third-order valence-corrected chi connectivity index (χ3v) is 5.81. The second-order valence-corrected chi connectivity index (χ2v) is 7.38. The first-order valence-corrected chi connectivity index (χ1v) is 8.44. The lowest BCUT2D eigenvalue weighted by atomic mass is 10.3. The molecule has 0 amide bonds. The van der Waals surface area contributed by atoms with E-state index in [1.807, 2.05) is 0 Å². The van der Waals surface area contributed by atoms with Crippen molar-refractivity contribution in [3.8, 4) is 5.75 Å². The van der Waals surface area contributed by atoms with Gasteiger partial charge in [0.05, 0.1) is 7.11 Å². The average Bonchev–Trinajstić information content (AvgIpc) is 2.39. The van der Waals surface area contributed by atoms with Gasteiger partial charge in [0.1, 0.15) is 10.6 Å². The van der Waals surface area contributed by atoms with Crippen LogP contribution in [-0.4, -0.2) is 44.4 Å². The number of hydrogen-bond donors (Lipinski definition) is 0. The van der Waals surface area contributed by atoms with E-state index >= 15 is 0 Å². The lowest BCUT2D eigenvalue weighted by Crippen LogP contribution is -2.38. The van der Waals surface area contributed by atoms with Gasteiger partial charge in [0.25, 0.3) is 0 Å². The summed E-state index contributed by atoms with van der Waals surface area (Å²) in [7, 11) is -2.06. The molecule has 1 saturated heterocycles. The molecule has 100 valence electrons. The van der Waals surface area contributed by atoms with Crippen molar-refractivity contribution in [1.82, 2.24) is 4.31 Å². The highest BCUT2D eigenvalue weighted by atomic mass is 35.5. The van der Waals surface area contributed by atoms with Crippen molar-refractivity contribution in [3.63, 3.8) is 0 Å². The quantitative estimate of drug-likeness (QED) is 0.858. The topological polar surface area (TPSA) is 46.6 Å². The minimum Gasteiger partial charge on any atom is -0.495 e. The number of sulfonamides is 1. The maximum Gasteiger partial charge on any atom is 0.246 e. The van der Waals surface area contributed by atoms with Gasteiger partial charge in [0.2, 0.25) is 10.0 Å². The van der Waals surface area contributed by atoms with Gasteiger partial charge in [-0.3, -0.25) is 0 Å². The van der Waals surface area contributed by atoms with Crippen molar-refractivity contribution >= 4 is 33.4 Å². The van der Waals surface area contributed by atoms with Crippen LogP contribution in [0.3, 0.4) is 0 Å². The van der Waals surface area contributed by atoms with Crippen molar-refractivity contribution in [3.05, 3.63) is 23.2 Å². The van der Waals surface area contributed by atoms with E-state index < -0.39 is 10.0 Å². The Balaban J connectivity index is 2.42. The van der Waals surface area contributed by atoms with E-state index in [-0.39, 0.29) is 4.90 Å². The van der Waals surface area contributed by atoms with Crippen LogP contribution in [0.2, 0.25) is 5.02 Å². The molecule has 1 fully saturated rings. The van der Waals surface area contributed by atoms with E-state index in [9.17, 15) is 8.42 Å². The van der Waals surface area contributed by atoms with Crippen molar-refractivity contribution in [2.45, 2.75) is 4.90 Å². The number of thioether (sulfide) groups is 1. The number of benzene rings is 1. The SMILES string of the molecule is COc1ccc(Cl)cc1S(=O)(=O)N1CCSCC1. The number of rotatable bonds is 3. The van der Waals surface area contributed by atoms with Gasteiger partial charge in [-0.05, 0) is 18.2 Å². The van der Waals surface area contributed by atoms with Gasteiger partial charge in [-0.1, -0.05) is 11.6 Å². The second-order valence-electron chi connectivity index (χ2n) is 3.81. The highest BCUT2D eigenvalue weighted by Gasteiger charge is 2.29. The first-order valence-electron chi connectivity index (χ1n) is 5.47. The van der Waals surface area contributed by atoms with Crippen molar-refractivity contribution in [2.24, 2.45) is 0 Å². The lowest BCUT2D eigenvalue weighted by Gasteiger charge is -2.26. The standard InChI is InChI=1S/C11H14ClNO3S2/c1-16-10-3-2-9(12)8-11(10)18(14,15)13-4-6-17-7-5-13/h2-3,8H,4-7H2,1H3. The molecule has 1 aliphatic heterocycles. The van der Waals surface area contributed by atoms with Crippen LogP contribution in [0.1, 0.15) is 0 Å². The molecule has 7 heteroatoms. The zero-order chi connectivity index (χ0) is 13.2. The zero-order valence-corrected chi connectivity index (χ0v) is 12.3. The molecule has 1 aromatic rings. The number of methoxy groups -OCH3 is 1. The summed E-state index contributed by atoms with van der Waals surface area (Å²) < 4.78 is 31.6. The molecule has 0 atom stereocenters. The molecule has 0 bridgehead atoms. The third kappa shape index (κ3) is 2.77. The fourth-order valence-corrected chi connectivity index (χ4v) is 4.77.